The molecule has 0 aliphatic rings. The van der Waals surface area contributed by atoms with Gasteiger partial charge in [-0.15, -0.1) is 0 Å². The highest BCUT2D eigenvalue weighted by Crippen LogP contribution is 2.30. The van der Waals surface area contributed by atoms with Crippen LogP contribution in [0, 0.1) is 5.82 Å². The Balaban J connectivity index is 2.85. The molecule has 1 N–H and O–H groups in total. The Morgan fingerprint density at radius 2 is 2.06 bits per heavy atom. The fourth-order valence-corrected chi connectivity index (χ4v) is 1.79. The molecule has 4 heteroatoms. The van der Waals surface area contributed by atoms with Gasteiger partial charge in [0.1, 0.15) is 11.6 Å². The summed E-state index contributed by atoms with van der Waals surface area (Å²) in [6.07, 6.45) is 1.65. The maximum atomic E-state index is 13.8. The van der Waals surface area contributed by atoms with E-state index in [2.05, 4.69) is 10.3 Å². The van der Waals surface area contributed by atoms with Crippen molar-refractivity contribution < 1.29 is 4.39 Å². The van der Waals surface area contributed by atoms with Crippen molar-refractivity contribution in [3.8, 4) is 0 Å². The zero-order valence-electron chi connectivity index (χ0n) is 9.58. The summed E-state index contributed by atoms with van der Waals surface area (Å²) in [5.41, 5.74) is 0.707. The van der Waals surface area contributed by atoms with Crippen LogP contribution in [0.1, 0.15) is 0 Å². The van der Waals surface area contributed by atoms with Gasteiger partial charge in [0.15, 0.2) is 0 Å². The van der Waals surface area contributed by atoms with E-state index in [0.717, 1.165) is 11.2 Å². The van der Waals surface area contributed by atoms with E-state index in [-0.39, 0.29) is 5.82 Å². The van der Waals surface area contributed by atoms with Crippen molar-refractivity contribution in [1.82, 2.24) is 4.98 Å². The molecule has 1 heterocycles. The number of halogens is 1. The monoisotopic (exact) mass is 219 g/mol. The molecule has 84 valence electrons. The third kappa shape index (κ3) is 1.56. The molecular weight excluding hydrogens is 205 g/mol. The van der Waals surface area contributed by atoms with Gasteiger partial charge in [-0.2, -0.15) is 0 Å². The molecule has 0 unspecified atom stereocenters. The van der Waals surface area contributed by atoms with Gasteiger partial charge in [0, 0.05) is 31.9 Å². The highest BCUT2D eigenvalue weighted by Gasteiger charge is 2.11. The molecular formula is C12H14FN3. The molecule has 0 aliphatic carbocycles. The Kier molecular flexibility index (Phi) is 2.64. The van der Waals surface area contributed by atoms with Crippen LogP contribution in [0.3, 0.4) is 0 Å². The van der Waals surface area contributed by atoms with Gasteiger partial charge in [-0.05, 0) is 6.07 Å². The van der Waals surface area contributed by atoms with Gasteiger partial charge in [-0.25, -0.2) is 9.37 Å². The van der Waals surface area contributed by atoms with Gasteiger partial charge in [0.05, 0.1) is 11.9 Å². The lowest BCUT2D eigenvalue weighted by Crippen LogP contribution is -2.11. The average Bonchev–Trinajstić information content (AvgIpc) is 2.27. The molecule has 2 aromatic rings. The quantitative estimate of drug-likeness (QED) is 0.841. The predicted molar refractivity (Wildman–Crippen MR) is 65.6 cm³/mol. The minimum Gasteiger partial charge on any atom is -0.386 e. The van der Waals surface area contributed by atoms with Crippen LogP contribution >= 0.6 is 0 Å². The zero-order valence-corrected chi connectivity index (χ0v) is 9.58. The normalized spacial score (nSPS) is 10.5. The Labute approximate surface area is 93.9 Å². The summed E-state index contributed by atoms with van der Waals surface area (Å²) in [6, 6.07) is 5.04. The number of anilines is 2. The lowest BCUT2D eigenvalue weighted by molar-refractivity contribution is 0.640. The number of nitrogens with one attached hydrogen (secondary N) is 1. The highest BCUT2D eigenvalue weighted by atomic mass is 19.1. The molecule has 3 nitrogen and oxygen atoms in total. The molecule has 0 bridgehead atoms. The van der Waals surface area contributed by atoms with Crippen molar-refractivity contribution in [3.05, 3.63) is 30.2 Å². The van der Waals surface area contributed by atoms with Gasteiger partial charge in [-0.1, -0.05) is 12.1 Å². The standard InChI is InChI=1S/C12H14FN3/c1-14-10-7-15-12(16(2)3)8-5-4-6-9(13)11(8)10/h4-7,14H,1-3H3. The van der Waals surface area contributed by atoms with E-state index >= 15 is 0 Å². The molecule has 0 radical (unpaired) electrons. The van der Waals surface area contributed by atoms with E-state index < -0.39 is 0 Å². The van der Waals surface area contributed by atoms with Gasteiger partial charge >= 0.3 is 0 Å². The SMILES string of the molecule is CNc1cnc(N(C)C)c2cccc(F)c12. The fraction of sp³-hybridized carbons (Fsp3) is 0.250. The smallest absolute Gasteiger partial charge is 0.136 e. The van der Waals surface area contributed by atoms with Crippen molar-refractivity contribution in [2.24, 2.45) is 0 Å². The third-order valence-corrected chi connectivity index (χ3v) is 2.53. The lowest BCUT2D eigenvalue weighted by atomic mass is 10.1. The molecule has 0 amide bonds. The van der Waals surface area contributed by atoms with Gasteiger partial charge < -0.3 is 10.2 Å². The van der Waals surface area contributed by atoms with E-state index in [4.69, 9.17) is 0 Å². The minimum atomic E-state index is -0.229. The molecule has 0 aliphatic heterocycles. The first kappa shape index (κ1) is 10.7. The van der Waals surface area contributed by atoms with E-state index in [1.165, 1.54) is 6.07 Å². The highest BCUT2D eigenvalue weighted by molar-refractivity contribution is 6.00. The number of pyridine rings is 1. The number of nitrogens with zero attached hydrogens (tertiary/aromatic N) is 2. The minimum absolute atomic E-state index is 0.229. The summed E-state index contributed by atoms with van der Waals surface area (Å²) in [6.45, 7) is 0. The maximum absolute atomic E-state index is 13.8. The van der Waals surface area contributed by atoms with Crippen LogP contribution in [0.15, 0.2) is 24.4 Å². The Morgan fingerprint density at radius 1 is 1.31 bits per heavy atom. The Bertz CT molecular complexity index is 523. The van der Waals surface area contributed by atoms with Crippen LogP contribution in [-0.4, -0.2) is 26.1 Å². The summed E-state index contributed by atoms with van der Waals surface area (Å²) < 4.78 is 13.8. The molecule has 0 saturated heterocycles. The topological polar surface area (TPSA) is 28.2 Å². The predicted octanol–water partition coefficient (Wildman–Crippen LogP) is 2.48. The molecule has 2 rings (SSSR count). The molecule has 1 aromatic carbocycles. The van der Waals surface area contributed by atoms with Crippen molar-refractivity contribution >= 4 is 22.3 Å². The number of aromatic nitrogens is 1. The van der Waals surface area contributed by atoms with E-state index in [9.17, 15) is 4.39 Å². The number of rotatable bonds is 2. The number of hydrogen-bond donors (Lipinski definition) is 1. The van der Waals surface area contributed by atoms with Gasteiger partial charge in [0.25, 0.3) is 0 Å². The van der Waals surface area contributed by atoms with Crippen LogP contribution in [0.25, 0.3) is 10.8 Å². The average molecular weight is 219 g/mol. The second kappa shape index (κ2) is 3.96. The van der Waals surface area contributed by atoms with Crippen molar-refractivity contribution in [2.75, 3.05) is 31.4 Å². The van der Waals surface area contributed by atoms with Crippen LogP contribution in [0.5, 0.6) is 0 Å². The summed E-state index contributed by atoms with van der Waals surface area (Å²) in [7, 11) is 5.55. The number of hydrogen-bond acceptors (Lipinski definition) is 3. The first-order valence-corrected chi connectivity index (χ1v) is 5.07. The number of benzene rings is 1. The van der Waals surface area contributed by atoms with Crippen LogP contribution in [0.4, 0.5) is 15.9 Å². The van der Waals surface area contributed by atoms with Gasteiger partial charge in [-0.3, -0.25) is 0 Å². The molecule has 0 spiro atoms. The summed E-state index contributed by atoms with van der Waals surface area (Å²) in [5.74, 6) is 0.542. The fourth-order valence-electron chi connectivity index (χ4n) is 1.79. The first-order chi connectivity index (χ1) is 7.65. The van der Waals surface area contributed by atoms with Crippen LogP contribution in [-0.2, 0) is 0 Å². The van der Waals surface area contributed by atoms with Crippen LogP contribution < -0.4 is 10.2 Å². The molecule has 1 aromatic heterocycles. The third-order valence-electron chi connectivity index (χ3n) is 2.53. The maximum Gasteiger partial charge on any atom is 0.136 e. The number of fused-ring (bicyclic) bond motifs is 1. The summed E-state index contributed by atoms with van der Waals surface area (Å²) >= 11 is 0. The van der Waals surface area contributed by atoms with Crippen molar-refractivity contribution in [2.45, 2.75) is 0 Å². The zero-order chi connectivity index (χ0) is 11.7. The van der Waals surface area contributed by atoms with E-state index in [1.807, 2.05) is 25.1 Å². The van der Waals surface area contributed by atoms with E-state index in [0.29, 0.717) is 11.1 Å². The Hall–Kier alpha value is -1.84. The summed E-state index contributed by atoms with van der Waals surface area (Å²) in [4.78, 5) is 6.19. The van der Waals surface area contributed by atoms with E-state index in [1.54, 1.807) is 19.3 Å². The molecule has 0 fully saturated rings. The largest absolute Gasteiger partial charge is 0.386 e. The second-order valence-corrected chi connectivity index (χ2v) is 3.80. The molecule has 16 heavy (non-hydrogen) atoms. The van der Waals surface area contributed by atoms with Crippen molar-refractivity contribution in [3.63, 3.8) is 0 Å². The van der Waals surface area contributed by atoms with Gasteiger partial charge in [0.2, 0.25) is 0 Å². The van der Waals surface area contributed by atoms with Crippen molar-refractivity contribution in [1.29, 1.82) is 0 Å². The molecule has 0 atom stereocenters. The second-order valence-electron chi connectivity index (χ2n) is 3.80. The lowest BCUT2D eigenvalue weighted by Gasteiger charge is -2.16. The molecule has 0 saturated carbocycles. The Morgan fingerprint density at radius 3 is 2.69 bits per heavy atom. The summed E-state index contributed by atoms with van der Waals surface area (Å²) in [5, 5.41) is 4.36. The van der Waals surface area contributed by atoms with Crippen LogP contribution in [0.2, 0.25) is 0 Å². The first-order valence-electron chi connectivity index (χ1n) is 5.07.